The monoisotopic (exact) mass is 361 g/mol. The van der Waals surface area contributed by atoms with E-state index < -0.39 is 11.9 Å². The fourth-order valence-corrected chi connectivity index (χ4v) is 2.67. The van der Waals surface area contributed by atoms with E-state index in [-0.39, 0.29) is 19.4 Å². The third kappa shape index (κ3) is 9.37. The third-order valence-corrected chi connectivity index (χ3v) is 4.16. The van der Waals surface area contributed by atoms with Gasteiger partial charge in [0, 0.05) is 18.5 Å². The number of carbonyl (C=O) groups excluding carboxylic acids is 1. The van der Waals surface area contributed by atoms with Crippen molar-refractivity contribution in [2.24, 2.45) is 0 Å². The first kappa shape index (κ1) is 21.9. The van der Waals surface area contributed by atoms with Crippen LogP contribution in [-0.2, 0) is 4.79 Å². The van der Waals surface area contributed by atoms with Gasteiger partial charge in [-0.2, -0.15) is 0 Å². The van der Waals surface area contributed by atoms with Crippen molar-refractivity contribution < 1.29 is 19.9 Å². The Kier molecular flexibility index (Phi) is 11.0. The molecule has 0 spiro atoms. The Morgan fingerprint density at radius 1 is 1.08 bits per heavy atom. The summed E-state index contributed by atoms with van der Waals surface area (Å²) >= 11 is 0. The summed E-state index contributed by atoms with van der Waals surface area (Å²) in [6.07, 6.45) is 12.9. The van der Waals surface area contributed by atoms with E-state index in [1.165, 1.54) is 38.5 Å². The molecule has 0 aliphatic carbocycles. The van der Waals surface area contributed by atoms with Gasteiger partial charge in [-0.25, -0.2) is 5.06 Å². The van der Waals surface area contributed by atoms with Gasteiger partial charge in [-0.3, -0.25) is 14.8 Å². The molecule has 0 fully saturated rings. The maximum Gasteiger partial charge on any atom is 0.303 e. The molecule has 0 unspecified atom stereocenters. The second-order valence-electron chi connectivity index (χ2n) is 6.51. The molecule has 0 aromatic heterocycles. The van der Waals surface area contributed by atoms with E-state index >= 15 is 0 Å². The first-order valence-electron chi connectivity index (χ1n) is 9.53. The second-order valence-corrected chi connectivity index (χ2v) is 6.51. The molecule has 0 heterocycles. The van der Waals surface area contributed by atoms with Gasteiger partial charge in [0.05, 0.1) is 0 Å². The van der Waals surface area contributed by atoms with Gasteiger partial charge in [-0.15, -0.1) is 0 Å². The van der Waals surface area contributed by atoms with Crippen molar-refractivity contribution in [3.05, 3.63) is 41.5 Å². The summed E-state index contributed by atoms with van der Waals surface area (Å²) in [5.74, 6) is -1.45. The molecule has 0 saturated heterocycles. The maximum atomic E-state index is 12.2. The first-order valence-corrected chi connectivity index (χ1v) is 9.53. The normalized spacial score (nSPS) is 11.0. The Bertz CT molecular complexity index is 583. The molecule has 5 nitrogen and oxygen atoms in total. The van der Waals surface area contributed by atoms with E-state index in [9.17, 15) is 14.8 Å². The molecule has 5 heteroatoms. The van der Waals surface area contributed by atoms with Crippen LogP contribution in [0, 0.1) is 0 Å². The van der Waals surface area contributed by atoms with Crippen LogP contribution in [0.15, 0.2) is 30.3 Å². The van der Waals surface area contributed by atoms with Gasteiger partial charge in [-0.05, 0) is 37.0 Å². The predicted octanol–water partition coefficient (Wildman–Crippen LogP) is 5.15. The first-order chi connectivity index (χ1) is 12.5. The van der Waals surface area contributed by atoms with Crippen molar-refractivity contribution in [1.29, 1.82) is 0 Å². The number of carboxylic acid groups (broad SMARTS) is 1. The van der Waals surface area contributed by atoms with Crippen molar-refractivity contribution in [3.8, 4) is 0 Å². The number of hydrogen-bond donors (Lipinski definition) is 2. The molecule has 1 aromatic rings. The Balaban J connectivity index is 2.42. The smallest absolute Gasteiger partial charge is 0.303 e. The molecule has 0 radical (unpaired) electrons. The molecule has 1 amide bonds. The van der Waals surface area contributed by atoms with Gasteiger partial charge >= 0.3 is 5.97 Å². The Hall–Kier alpha value is -2.14. The minimum Gasteiger partial charge on any atom is -0.481 e. The van der Waals surface area contributed by atoms with Crippen LogP contribution in [0.3, 0.4) is 0 Å². The molecule has 2 N–H and O–H groups in total. The Labute approximate surface area is 156 Å². The summed E-state index contributed by atoms with van der Waals surface area (Å²) in [5, 5.41) is 19.0. The van der Waals surface area contributed by atoms with Crippen LogP contribution >= 0.6 is 0 Å². The van der Waals surface area contributed by atoms with Crippen molar-refractivity contribution >= 4 is 18.0 Å². The van der Waals surface area contributed by atoms with Gasteiger partial charge < -0.3 is 5.11 Å². The van der Waals surface area contributed by atoms with Gasteiger partial charge in [0.25, 0.3) is 5.91 Å². The van der Waals surface area contributed by atoms with E-state index in [1.807, 2.05) is 12.1 Å². The highest BCUT2D eigenvalue weighted by Crippen LogP contribution is 2.12. The van der Waals surface area contributed by atoms with Crippen molar-refractivity contribution in [1.82, 2.24) is 5.06 Å². The average molecular weight is 361 g/mol. The van der Waals surface area contributed by atoms with Crippen LogP contribution in [0.2, 0.25) is 0 Å². The van der Waals surface area contributed by atoms with Crippen molar-refractivity contribution in [2.45, 2.75) is 64.7 Å². The zero-order chi connectivity index (χ0) is 19.2. The molecular formula is C21H31NO4. The number of hydroxylamine groups is 2. The highest BCUT2D eigenvalue weighted by atomic mass is 16.5. The molecule has 1 aromatic carbocycles. The van der Waals surface area contributed by atoms with Crippen LogP contribution < -0.4 is 0 Å². The van der Waals surface area contributed by atoms with Gasteiger partial charge in [-0.1, -0.05) is 63.3 Å². The number of carbonyl (C=O) groups is 2. The lowest BCUT2D eigenvalue weighted by atomic mass is 10.1. The minimum atomic E-state index is -0.941. The molecule has 144 valence electrons. The topological polar surface area (TPSA) is 77.8 Å². The van der Waals surface area contributed by atoms with Crippen LogP contribution in [0.4, 0.5) is 0 Å². The molecule has 1 rings (SSSR count). The van der Waals surface area contributed by atoms with Crippen LogP contribution in [0.1, 0.15) is 80.6 Å². The zero-order valence-corrected chi connectivity index (χ0v) is 15.7. The van der Waals surface area contributed by atoms with Crippen molar-refractivity contribution in [3.63, 3.8) is 0 Å². The standard InChI is InChI=1S/C21H31NO4/c1-2-3-4-5-6-7-8-9-12-18-13-10-14-19(17-18)21(25)22(26)16-11-15-20(23)24/h9-10,12-14,17,26H,2-8,11,15-16H2,1H3,(H,23,24)/b12-9+. The van der Waals surface area contributed by atoms with Crippen LogP contribution in [-0.4, -0.2) is 33.8 Å². The second kappa shape index (κ2) is 13.1. The number of allylic oxidation sites excluding steroid dienone is 1. The third-order valence-electron chi connectivity index (χ3n) is 4.16. The SMILES string of the molecule is CCCCCCCC/C=C/c1cccc(C(=O)N(O)CCCC(=O)O)c1. The summed E-state index contributed by atoms with van der Waals surface area (Å²) in [6, 6.07) is 7.08. The molecular weight excluding hydrogens is 330 g/mol. The molecule has 0 aliphatic heterocycles. The number of nitrogens with zero attached hydrogens (tertiary/aromatic N) is 1. The number of amides is 1. The highest BCUT2D eigenvalue weighted by molar-refractivity contribution is 5.94. The lowest BCUT2D eigenvalue weighted by Gasteiger charge is -2.14. The molecule has 0 saturated carbocycles. The van der Waals surface area contributed by atoms with Gasteiger partial charge in [0.1, 0.15) is 0 Å². The number of aliphatic carboxylic acids is 1. The van der Waals surface area contributed by atoms with E-state index in [2.05, 4.69) is 13.0 Å². The number of rotatable bonds is 13. The van der Waals surface area contributed by atoms with E-state index in [4.69, 9.17) is 5.11 Å². The average Bonchev–Trinajstić information content (AvgIpc) is 2.63. The van der Waals surface area contributed by atoms with Gasteiger partial charge in [0.2, 0.25) is 0 Å². The lowest BCUT2D eigenvalue weighted by Crippen LogP contribution is -2.28. The van der Waals surface area contributed by atoms with Crippen LogP contribution in [0.25, 0.3) is 6.08 Å². The molecule has 26 heavy (non-hydrogen) atoms. The summed E-state index contributed by atoms with van der Waals surface area (Å²) in [5.41, 5.74) is 1.31. The quantitative estimate of drug-likeness (QED) is 0.289. The van der Waals surface area contributed by atoms with E-state index in [0.717, 1.165) is 12.0 Å². The predicted molar refractivity (Wildman–Crippen MR) is 103 cm³/mol. The number of benzene rings is 1. The lowest BCUT2D eigenvalue weighted by molar-refractivity contribution is -0.137. The summed E-state index contributed by atoms with van der Waals surface area (Å²) < 4.78 is 0. The summed E-state index contributed by atoms with van der Waals surface area (Å²) in [4.78, 5) is 22.7. The Morgan fingerprint density at radius 2 is 1.81 bits per heavy atom. The molecule has 0 bridgehead atoms. The van der Waals surface area contributed by atoms with E-state index in [0.29, 0.717) is 10.6 Å². The zero-order valence-electron chi connectivity index (χ0n) is 15.7. The van der Waals surface area contributed by atoms with Crippen LogP contribution in [0.5, 0.6) is 0 Å². The number of hydrogen-bond acceptors (Lipinski definition) is 3. The summed E-state index contributed by atoms with van der Waals surface area (Å²) in [6.45, 7) is 2.22. The largest absolute Gasteiger partial charge is 0.481 e. The Morgan fingerprint density at radius 3 is 2.54 bits per heavy atom. The highest BCUT2D eigenvalue weighted by Gasteiger charge is 2.13. The number of unbranched alkanes of at least 4 members (excludes halogenated alkanes) is 6. The molecule has 0 atom stereocenters. The van der Waals surface area contributed by atoms with E-state index in [1.54, 1.807) is 18.2 Å². The fourth-order valence-electron chi connectivity index (χ4n) is 2.67. The molecule has 0 aliphatic rings. The fraction of sp³-hybridized carbons (Fsp3) is 0.524. The maximum absolute atomic E-state index is 12.2. The summed E-state index contributed by atoms with van der Waals surface area (Å²) in [7, 11) is 0. The minimum absolute atomic E-state index is 0.00321. The number of carboxylic acids is 1. The van der Waals surface area contributed by atoms with Gasteiger partial charge in [0.15, 0.2) is 0 Å². The van der Waals surface area contributed by atoms with Crippen molar-refractivity contribution in [2.75, 3.05) is 6.54 Å².